The molecule has 2 rings (SSSR count). The summed E-state index contributed by atoms with van der Waals surface area (Å²) in [5.74, 6) is -0.682. The maximum atomic E-state index is 15.1. The van der Waals surface area contributed by atoms with E-state index < -0.39 is 21.1 Å². The van der Waals surface area contributed by atoms with Crippen LogP contribution in [0, 0.1) is 5.82 Å². The lowest BCUT2D eigenvalue weighted by molar-refractivity contribution is -0.116. The zero-order valence-electron chi connectivity index (χ0n) is 19.2. The van der Waals surface area contributed by atoms with Gasteiger partial charge in [0.15, 0.2) is 5.82 Å². The second kappa shape index (κ2) is 11.2. The average Bonchev–Trinajstić information content (AvgIpc) is 2.68. The molecule has 0 bridgehead atoms. The molecular formula is C22H36FN3O4S. The SMILES string of the molecule is CCc1c(N2CC(C)OC(C)C2)ccc(NC(=O)CCCCNS(=O)(=O)C(C)C)c1F. The lowest BCUT2D eigenvalue weighted by atomic mass is 10.1. The number of nitrogens with one attached hydrogen (secondary N) is 2. The summed E-state index contributed by atoms with van der Waals surface area (Å²) < 4.78 is 46.8. The minimum Gasteiger partial charge on any atom is -0.372 e. The Balaban J connectivity index is 1.94. The Morgan fingerprint density at radius 3 is 2.45 bits per heavy atom. The first-order valence-corrected chi connectivity index (χ1v) is 12.6. The van der Waals surface area contributed by atoms with Crippen molar-refractivity contribution in [3.8, 4) is 0 Å². The van der Waals surface area contributed by atoms with Crippen LogP contribution in [0.4, 0.5) is 15.8 Å². The number of rotatable bonds is 10. The molecule has 1 aliphatic rings. The molecule has 2 N–H and O–H groups in total. The van der Waals surface area contributed by atoms with Crippen molar-refractivity contribution < 1.29 is 22.3 Å². The molecule has 0 aromatic heterocycles. The molecule has 1 aromatic carbocycles. The van der Waals surface area contributed by atoms with E-state index in [9.17, 15) is 13.2 Å². The normalized spacial score (nSPS) is 19.6. The monoisotopic (exact) mass is 457 g/mol. The first kappa shape index (κ1) is 25.5. The quantitative estimate of drug-likeness (QED) is 0.526. The number of halogens is 1. The lowest BCUT2D eigenvalue weighted by Gasteiger charge is -2.38. The maximum absolute atomic E-state index is 15.1. The highest BCUT2D eigenvalue weighted by Gasteiger charge is 2.25. The highest BCUT2D eigenvalue weighted by atomic mass is 32.2. The smallest absolute Gasteiger partial charge is 0.224 e. The van der Waals surface area contributed by atoms with Gasteiger partial charge < -0.3 is 15.0 Å². The number of sulfonamides is 1. The van der Waals surface area contributed by atoms with Gasteiger partial charge in [0, 0.05) is 37.3 Å². The van der Waals surface area contributed by atoms with Crippen LogP contribution in [0.1, 0.15) is 59.4 Å². The van der Waals surface area contributed by atoms with Crippen molar-refractivity contribution in [2.45, 2.75) is 77.8 Å². The fourth-order valence-corrected chi connectivity index (χ4v) is 4.48. The molecule has 7 nitrogen and oxygen atoms in total. The zero-order chi connectivity index (χ0) is 23.2. The number of unbranched alkanes of at least 4 members (excludes halogenated alkanes) is 1. The molecule has 2 unspecified atom stereocenters. The van der Waals surface area contributed by atoms with Gasteiger partial charge in [-0.3, -0.25) is 4.79 Å². The van der Waals surface area contributed by atoms with Gasteiger partial charge in [-0.05, 0) is 59.1 Å². The third-order valence-electron chi connectivity index (χ3n) is 5.36. The summed E-state index contributed by atoms with van der Waals surface area (Å²) >= 11 is 0. The van der Waals surface area contributed by atoms with Crippen LogP contribution in [0.5, 0.6) is 0 Å². The molecule has 1 fully saturated rings. The first-order chi connectivity index (χ1) is 14.5. The van der Waals surface area contributed by atoms with E-state index >= 15 is 4.39 Å². The number of ether oxygens (including phenoxy) is 1. The Hall–Kier alpha value is -1.71. The number of hydrogen-bond acceptors (Lipinski definition) is 5. The molecule has 1 aliphatic heterocycles. The predicted molar refractivity (Wildman–Crippen MR) is 123 cm³/mol. The lowest BCUT2D eigenvalue weighted by Crippen LogP contribution is -2.46. The Morgan fingerprint density at radius 1 is 1.23 bits per heavy atom. The van der Waals surface area contributed by atoms with Gasteiger partial charge in [0.1, 0.15) is 0 Å². The third kappa shape index (κ3) is 7.15. The summed E-state index contributed by atoms with van der Waals surface area (Å²) in [6, 6.07) is 3.48. The minimum absolute atomic E-state index is 0.0703. The van der Waals surface area contributed by atoms with Crippen LogP contribution in [-0.2, 0) is 26.0 Å². The molecule has 2 atom stereocenters. The van der Waals surface area contributed by atoms with Crippen LogP contribution in [0.25, 0.3) is 0 Å². The van der Waals surface area contributed by atoms with Gasteiger partial charge in [-0.2, -0.15) is 0 Å². The largest absolute Gasteiger partial charge is 0.372 e. The second-order valence-corrected chi connectivity index (χ2v) is 10.8. The van der Waals surface area contributed by atoms with E-state index in [1.165, 1.54) is 0 Å². The van der Waals surface area contributed by atoms with Crippen LogP contribution in [0.2, 0.25) is 0 Å². The molecule has 9 heteroatoms. The van der Waals surface area contributed by atoms with Gasteiger partial charge >= 0.3 is 0 Å². The molecule has 1 amide bonds. The van der Waals surface area contributed by atoms with Crippen molar-refractivity contribution in [3.63, 3.8) is 0 Å². The van der Waals surface area contributed by atoms with Crippen LogP contribution < -0.4 is 14.9 Å². The Morgan fingerprint density at radius 2 is 1.87 bits per heavy atom. The fraction of sp³-hybridized carbons (Fsp3) is 0.682. The minimum atomic E-state index is -3.29. The first-order valence-electron chi connectivity index (χ1n) is 11.0. The number of amides is 1. The van der Waals surface area contributed by atoms with E-state index in [0.717, 1.165) is 5.69 Å². The molecule has 1 aromatic rings. The summed E-state index contributed by atoms with van der Waals surface area (Å²) in [4.78, 5) is 14.4. The Bertz CT molecular complexity index is 851. The van der Waals surface area contributed by atoms with E-state index in [2.05, 4.69) is 14.9 Å². The Labute approximate surface area is 185 Å². The van der Waals surface area contributed by atoms with Gasteiger partial charge in [0.2, 0.25) is 15.9 Å². The number of carbonyl (C=O) groups is 1. The predicted octanol–water partition coefficient (Wildman–Crippen LogP) is 3.44. The van der Waals surface area contributed by atoms with Crippen molar-refractivity contribution in [3.05, 3.63) is 23.5 Å². The maximum Gasteiger partial charge on any atom is 0.224 e. The van der Waals surface area contributed by atoms with Crippen molar-refractivity contribution >= 4 is 27.3 Å². The number of benzene rings is 1. The molecular weight excluding hydrogens is 421 g/mol. The summed E-state index contributed by atoms with van der Waals surface area (Å²) in [6.07, 6.45) is 1.90. The molecule has 0 spiro atoms. The van der Waals surface area contributed by atoms with E-state index in [4.69, 9.17) is 4.74 Å². The molecule has 176 valence electrons. The molecule has 0 aliphatic carbocycles. The van der Waals surface area contributed by atoms with Crippen LogP contribution in [-0.4, -0.2) is 51.4 Å². The summed E-state index contributed by atoms with van der Waals surface area (Å²) in [5.41, 5.74) is 1.61. The van der Waals surface area contributed by atoms with Gasteiger partial charge in [0.25, 0.3) is 0 Å². The van der Waals surface area contributed by atoms with E-state index in [0.29, 0.717) is 37.9 Å². The Kier molecular flexibility index (Phi) is 9.27. The van der Waals surface area contributed by atoms with Gasteiger partial charge in [-0.25, -0.2) is 17.5 Å². The van der Waals surface area contributed by atoms with Crippen molar-refractivity contribution in [1.29, 1.82) is 0 Å². The fourth-order valence-electron chi connectivity index (χ4n) is 3.72. The van der Waals surface area contributed by atoms with Crippen molar-refractivity contribution in [2.24, 2.45) is 0 Å². The second-order valence-electron chi connectivity index (χ2n) is 8.43. The number of hydrogen-bond donors (Lipinski definition) is 2. The number of nitrogens with zero attached hydrogens (tertiary/aromatic N) is 1. The highest BCUT2D eigenvalue weighted by molar-refractivity contribution is 7.90. The molecule has 1 heterocycles. The average molecular weight is 458 g/mol. The summed E-state index contributed by atoms with van der Waals surface area (Å²) in [6.45, 7) is 10.8. The van der Waals surface area contributed by atoms with Crippen LogP contribution in [0.15, 0.2) is 12.1 Å². The van der Waals surface area contributed by atoms with Crippen LogP contribution >= 0.6 is 0 Å². The van der Waals surface area contributed by atoms with Gasteiger partial charge in [-0.15, -0.1) is 0 Å². The van der Waals surface area contributed by atoms with Gasteiger partial charge in [-0.1, -0.05) is 6.92 Å². The number of anilines is 2. The molecule has 1 saturated heterocycles. The highest BCUT2D eigenvalue weighted by Crippen LogP contribution is 2.31. The topological polar surface area (TPSA) is 87.7 Å². The molecule has 31 heavy (non-hydrogen) atoms. The van der Waals surface area contributed by atoms with Crippen LogP contribution in [0.3, 0.4) is 0 Å². The van der Waals surface area contributed by atoms with Crippen molar-refractivity contribution in [2.75, 3.05) is 29.9 Å². The number of carbonyl (C=O) groups excluding carboxylic acids is 1. The molecule has 0 saturated carbocycles. The summed E-state index contributed by atoms with van der Waals surface area (Å²) in [5, 5.41) is 2.17. The van der Waals surface area contributed by atoms with Gasteiger partial charge in [0.05, 0.1) is 23.1 Å². The standard InChI is InChI=1S/C22H36FN3O4S/c1-6-18-20(26-13-16(4)30-17(5)14-26)11-10-19(22(18)23)25-21(27)9-7-8-12-24-31(28,29)15(2)3/h10-11,15-17,24H,6-9,12-14H2,1-5H3,(H,25,27). The van der Waals surface area contributed by atoms with E-state index in [1.54, 1.807) is 19.9 Å². The van der Waals surface area contributed by atoms with E-state index in [1.807, 2.05) is 26.8 Å². The molecule has 0 radical (unpaired) electrons. The summed E-state index contributed by atoms with van der Waals surface area (Å²) in [7, 11) is -3.29. The van der Waals surface area contributed by atoms with E-state index in [-0.39, 0.29) is 36.8 Å². The number of morpholine rings is 1. The van der Waals surface area contributed by atoms with Crippen molar-refractivity contribution in [1.82, 2.24) is 4.72 Å². The third-order valence-corrected chi connectivity index (χ3v) is 7.21. The zero-order valence-corrected chi connectivity index (χ0v) is 20.0.